The zero-order valence-corrected chi connectivity index (χ0v) is 26.4. The second-order valence-corrected chi connectivity index (χ2v) is 11.8. The van der Waals surface area contributed by atoms with Crippen molar-refractivity contribution in [3.05, 3.63) is 34.9 Å². The number of quaternary nitrogens is 1. The Hall–Kier alpha value is 0.0500. The van der Waals surface area contributed by atoms with Gasteiger partial charge in [-0.25, -0.2) is 0 Å². The molecule has 0 saturated carbocycles. The summed E-state index contributed by atoms with van der Waals surface area (Å²) in [6.07, 6.45) is 29.0. The minimum atomic E-state index is 0. The highest BCUT2D eigenvalue weighted by Crippen LogP contribution is 2.25. The van der Waals surface area contributed by atoms with Crippen LogP contribution in [-0.4, -0.2) is 28.2 Å². The fourth-order valence-electron chi connectivity index (χ4n) is 4.96. The maximum absolute atomic E-state index is 6.12. The van der Waals surface area contributed by atoms with Gasteiger partial charge in [0.1, 0.15) is 0 Å². The van der Waals surface area contributed by atoms with E-state index in [1.54, 1.807) is 0 Å². The Labute approximate surface area is 243 Å². The Morgan fingerprint density at radius 2 is 1.11 bits per heavy atom. The SMILES string of the molecule is C#CC(I)[N+](CCCCCCCCCC)(CCCCCCCCCC)CCc1ccc(Cl)cc1.[Cl-]. The summed E-state index contributed by atoms with van der Waals surface area (Å²) in [6, 6.07) is 8.40. The van der Waals surface area contributed by atoms with Crippen molar-refractivity contribution in [3.8, 4) is 12.3 Å². The molecule has 0 radical (unpaired) electrons. The molecular formula is C31H52Cl2IN. The highest BCUT2D eigenvalue weighted by molar-refractivity contribution is 14.1. The Morgan fingerprint density at radius 3 is 1.51 bits per heavy atom. The second-order valence-electron chi connectivity index (χ2n) is 10.2. The van der Waals surface area contributed by atoms with E-state index < -0.39 is 0 Å². The highest BCUT2D eigenvalue weighted by Gasteiger charge is 2.33. The average molecular weight is 637 g/mol. The van der Waals surface area contributed by atoms with E-state index in [-0.39, 0.29) is 16.5 Å². The molecule has 0 aromatic heterocycles. The van der Waals surface area contributed by atoms with E-state index in [0.717, 1.165) is 22.5 Å². The lowest BCUT2D eigenvalue weighted by Gasteiger charge is -2.41. The van der Waals surface area contributed by atoms with Gasteiger partial charge >= 0.3 is 0 Å². The molecule has 0 N–H and O–H groups in total. The topological polar surface area (TPSA) is 0 Å². The summed E-state index contributed by atoms with van der Waals surface area (Å²) in [5.74, 6) is 3.14. The molecule has 1 rings (SSSR count). The predicted molar refractivity (Wildman–Crippen MR) is 162 cm³/mol. The van der Waals surface area contributed by atoms with Crippen LogP contribution in [0.15, 0.2) is 24.3 Å². The van der Waals surface area contributed by atoms with Crippen LogP contribution in [0.4, 0.5) is 0 Å². The summed E-state index contributed by atoms with van der Waals surface area (Å²) in [5, 5.41) is 0.817. The van der Waals surface area contributed by atoms with Gasteiger partial charge in [0, 0.05) is 34.0 Å². The fourth-order valence-corrected chi connectivity index (χ4v) is 5.92. The number of terminal acetylenes is 1. The van der Waals surface area contributed by atoms with Gasteiger partial charge in [-0.3, -0.25) is 0 Å². The molecule has 1 aromatic carbocycles. The van der Waals surface area contributed by atoms with Gasteiger partial charge in [-0.05, 0) is 49.3 Å². The second kappa shape index (κ2) is 23.2. The molecule has 0 bridgehead atoms. The third-order valence-electron chi connectivity index (χ3n) is 7.29. The van der Waals surface area contributed by atoms with Crippen LogP contribution in [0.5, 0.6) is 0 Å². The molecule has 0 heterocycles. The van der Waals surface area contributed by atoms with Gasteiger partial charge in [0.2, 0.25) is 4.05 Å². The Balaban J connectivity index is 0.0000116. The molecule has 4 heteroatoms. The van der Waals surface area contributed by atoms with E-state index in [4.69, 9.17) is 18.0 Å². The number of nitrogens with zero attached hydrogens (tertiary/aromatic N) is 1. The number of benzene rings is 1. The maximum atomic E-state index is 6.12. The van der Waals surface area contributed by atoms with Crippen molar-refractivity contribution in [2.75, 3.05) is 19.6 Å². The number of hydrogen-bond acceptors (Lipinski definition) is 0. The van der Waals surface area contributed by atoms with Crippen LogP contribution >= 0.6 is 34.2 Å². The number of unbranched alkanes of at least 4 members (excludes halogenated alkanes) is 14. The zero-order valence-electron chi connectivity index (χ0n) is 22.7. The molecule has 1 unspecified atom stereocenters. The molecule has 0 aliphatic heterocycles. The maximum Gasteiger partial charge on any atom is 0.200 e. The van der Waals surface area contributed by atoms with Gasteiger partial charge in [0.25, 0.3) is 0 Å². The van der Waals surface area contributed by atoms with E-state index in [0.29, 0.717) is 0 Å². The van der Waals surface area contributed by atoms with Gasteiger partial charge in [-0.2, -0.15) is 0 Å². The third kappa shape index (κ3) is 16.5. The fraction of sp³-hybridized carbons (Fsp3) is 0.742. The van der Waals surface area contributed by atoms with Gasteiger partial charge in [0.15, 0.2) is 0 Å². The summed E-state index contributed by atoms with van der Waals surface area (Å²) in [7, 11) is 0. The zero-order chi connectivity index (χ0) is 24.9. The quantitative estimate of drug-likeness (QED) is 0.0311. The van der Waals surface area contributed by atoms with Crippen LogP contribution in [0.1, 0.15) is 122 Å². The molecule has 0 aliphatic carbocycles. The summed E-state index contributed by atoms with van der Waals surface area (Å²) >= 11 is 8.67. The van der Waals surface area contributed by atoms with E-state index >= 15 is 0 Å². The van der Waals surface area contributed by atoms with Crippen LogP contribution in [0.2, 0.25) is 5.02 Å². The number of alkyl halides is 1. The van der Waals surface area contributed by atoms with Crippen LogP contribution in [0.3, 0.4) is 0 Å². The lowest BCUT2D eigenvalue weighted by atomic mass is 10.0. The molecule has 202 valence electrons. The van der Waals surface area contributed by atoms with Crippen molar-refractivity contribution in [2.45, 2.75) is 127 Å². The first kappa shape index (κ1) is 35.0. The monoisotopic (exact) mass is 635 g/mol. The van der Waals surface area contributed by atoms with Gasteiger partial charge in [0.05, 0.1) is 19.6 Å². The number of halogens is 3. The highest BCUT2D eigenvalue weighted by atomic mass is 127. The van der Waals surface area contributed by atoms with Crippen LogP contribution in [0.25, 0.3) is 0 Å². The predicted octanol–water partition coefficient (Wildman–Crippen LogP) is 7.38. The lowest BCUT2D eigenvalue weighted by molar-refractivity contribution is -0.927. The minimum absolute atomic E-state index is 0. The summed E-state index contributed by atoms with van der Waals surface area (Å²) in [5.41, 5.74) is 1.37. The van der Waals surface area contributed by atoms with Crippen LogP contribution < -0.4 is 12.4 Å². The first-order chi connectivity index (χ1) is 16.6. The molecule has 35 heavy (non-hydrogen) atoms. The largest absolute Gasteiger partial charge is 1.00 e. The van der Waals surface area contributed by atoms with Gasteiger partial charge in [-0.15, -0.1) is 6.42 Å². The Kier molecular flexibility index (Phi) is 23.2. The van der Waals surface area contributed by atoms with E-state index in [1.807, 2.05) is 12.1 Å². The normalized spacial score (nSPS) is 12.2. The Morgan fingerprint density at radius 1 is 0.714 bits per heavy atom. The van der Waals surface area contributed by atoms with Gasteiger partial charge < -0.3 is 16.9 Å². The molecule has 1 atom stereocenters. The van der Waals surface area contributed by atoms with E-state index in [1.165, 1.54) is 121 Å². The summed E-state index contributed by atoms with van der Waals surface area (Å²) in [6.45, 7) is 8.15. The van der Waals surface area contributed by atoms with Crippen molar-refractivity contribution >= 4 is 34.2 Å². The van der Waals surface area contributed by atoms with E-state index in [2.05, 4.69) is 54.5 Å². The standard InChI is InChI=1S/C31H52ClIN.ClH/c1-4-7-9-11-13-15-17-19-26-34(31(33)6-3,27-20-18-16-14-12-10-8-5-2)28-25-29-21-23-30(32)24-22-29;/h3,21-24,31H,4-5,7-20,25-28H2,1-2H3;1H/q+1;/p-1. The number of rotatable bonds is 22. The first-order valence-electron chi connectivity index (χ1n) is 14.3. The van der Waals surface area contributed by atoms with Crippen molar-refractivity contribution in [1.82, 2.24) is 0 Å². The Bertz CT molecular complexity index is 620. The van der Waals surface area contributed by atoms with Crippen molar-refractivity contribution in [2.24, 2.45) is 0 Å². The van der Waals surface area contributed by atoms with E-state index in [9.17, 15) is 0 Å². The van der Waals surface area contributed by atoms with Crippen LogP contribution in [0, 0.1) is 12.3 Å². The summed E-state index contributed by atoms with van der Waals surface area (Å²) in [4.78, 5) is 0. The molecule has 0 saturated heterocycles. The lowest BCUT2D eigenvalue weighted by Crippen LogP contribution is -3.00. The van der Waals surface area contributed by atoms with Crippen LogP contribution in [-0.2, 0) is 6.42 Å². The molecule has 0 amide bonds. The molecule has 1 aromatic rings. The number of hydrogen-bond donors (Lipinski definition) is 0. The van der Waals surface area contributed by atoms with Crippen molar-refractivity contribution in [3.63, 3.8) is 0 Å². The minimum Gasteiger partial charge on any atom is -1.00 e. The average Bonchev–Trinajstić information content (AvgIpc) is 2.85. The molecule has 0 aliphatic rings. The molecule has 1 nitrogen and oxygen atoms in total. The molecule has 0 fully saturated rings. The smallest absolute Gasteiger partial charge is 0.200 e. The first-order valence-corrected chi connectivity index (χ1v) is 15.9. The summed E-state index contributed by atoms with van der Waals surface area (Å²) < 4.78 is 1.32. The van der Waals surface area contributed by atoms with Crippen molar-refractivity contribution < 1.29 is 16.9 Å². The van der Waals surface area contributed by atoms with Crippen molar-refractivity contribution in [1.29, 1.82) is 0 Å². The molecule has 0 spiro atoms. The third-order valence-corrected chi connectivity index (χ3v) is 9.08. The molecular weight excluding hydrogens is 584 g/mol. The van der Waals surface area contributed by atoms with Gasteiger partial charge in [-0.1, -0.05) is 115 Å².